The van der Waals surface area contributed by atoms with Gasteiger partial charge in [0.15, 0.2) is 0 Å². The average Bonchev–Trinajstić information content (AvgIpc) is 2.69. The van der Waals surface area contributed by atoms with E-state index in [1.807, 2.05) is 31.7 Å². The van der Waals surface area contributed by atoms with Crippen molar-refractivity contribution in [1.29, 1.82) is 0 Å². The second-order valence-corrected chi connectivity index (χ2v) is 7.73. The van der Waals surface area contributed by atoms with E-state index in [1.54, 1.807) is 18.2 Å². The maximum atomic E-state index is 13.7. The van der Waals surface area contributed by atoms with Crippen molar-refractivity contribution in [2.45, 2.75) is 39.7 Å². The molecular weight excluding hydrogens is 385 g/mol. The van der Waals surface area contributed by atoms with E-state index in [0.29, 0.717) is 12.1 Å². The predicted octanol–water partition coefficient (Wildman–Crippen LogP) is 3.75. The van der Waals surface area contributed by atoms with Gasteiger partial charge in [-0.1, -0.05) is 12.1 Å². The Bertz CT molecular complexity index is 1110. The van der Waals surface area contributed by atoms with E-state index in [2.05, 4.69) is 5.32 Å². The van der Waals surface area contributed by atoms with Crippen molar-refractivity contribution >= 4 is 29.2 Å². The first-order chi connectivity index (χ1) is 14.3. The molecule has 2 heterocycles. The second-order valence-electron chi connectivity index (χ2n) is 7.73. The third-order valence-electron chi connectivity index (χ3n) is 5.81. The van der Waals surface area contributed by atoms with Crippen LogP contribution < -0.4 is 15.1 Å². The summed E-state index contributed by atoms with van der Waals surface area (Å²) in [6.07, 6.45) is 2.93. The van der Waals surface area contributed by atoms with Crippen molar-refractivity contribution in [2.24, 2.45) is 0 Å². The average molecular weight is 407 g/mol. The number of halogens is 1. The SMILES string of the molecule is Cc1cccc(N2C(=O)NC(=O)/C(=C\N3c4ccc(F)cc4CCC3C)C2=O)c1C. The van der Waals surface area contributed by atoms with Crippen LogP contribution in [0.1, 0.15) is 30.0 Å². The third kappa shape index (κ3) is 3.26. The summed E-state index contributed by atoms with van der Waals surface area (Å²) in [6.45, 7) is 5.68. The minimum absolute atomic E-state index is 0.00263. The molecule has 0 bridgehead atoms. The van der Waals surface area contributed by atoms with Crippen molar-refractivity contribution in [3.05, 3.63) is 70.7 Å². The van der Waals surface area contributed by atoms with Crippen LogP contribution in [-0.2, 0) is 16.0 Å². The number of anilines is 2. The number of rotatable bonds is 2. The molecule has 30 heavy (non-hydrogen) atoms. The standard InChI is InChI=1S/C23H22FN3O3/c1-13-5-4-6-19(15(13)3)27-22(29)18(21(28)25-23(27)30)12-26-14(2)7-8-16-11-17(24)9-10-20(16)26/h4-6,9-12,14H,7-8H2,1-3H3,(H,25,28,30)/b18-12+. The molecule has 1 atom stereocenters. The molecule has 1 unspecified atom stereocenters. The van der Waals surface area contributed by atoms with Crippen LogP contribution in [0.3, 0.4) is 0 Å². The van der Waals surface area contributed by atoms with E-state index >= 15 is 0 Å². The fourth-order valence-electron chi connectivity index (χ4n) is 3.92. The smallest absolute Gasteiger partial charge is 0.335 e. The largest absolute Gasteiger partial charge is 0.344 e. The summed E-state index contributed by atoms with van der Waals surface area (Å²) < 4.78 is 13.7. The minimum atomic E-state index is -0.773. The van der Waals surface area contributed by atoms with E-state index in [1.165, 1.54) is 18.3 Å². The number of nitrogens with zero attached hydrogens (tertiary/aromatic N) is 2. The van der Waals surface area contributed by atoms with Crippen LogP contribution in [-0.4, -0.2) is 23.9 Å². The van der Waals surface area contributed by atoms with Crippen LogP contribution in [0.25, 0.3) is 0 Å². The Kier molecular flexibility index (Phi) is 4.89. The van der Waals surface area contributed by atoms with Gasteiger partial charge in [0.1, 0.15) is 11.4 Å². The monoisotopic (exact) mass is 407 g/mol. The fraction of sp³-hybridized carbons (Fsp3) is 0.261. The lowest BCUT2D eigenvalue weighted by Crippen LogP contribution is -2.55. The molecular formula is C23H22FN3O3. The van der Waals surface area contributed by atoms with Gasteiger partial charge < -0.3 is 4.90 Å². The predicted molar refractivity (Wildman–Crippen MR) is 112 cm³/mol. The molecule has 2 aliphatic heterocycles. The van der Waals surface area contributed by atoms with Crippen molar-refractivity contribution in [2.75, 3.05) is 9.80 Å². The number of amides is 4. The molecule has 2 aliphatic rings. The number of barbiturate groups is 1. The van der Waals surface area contributed by atoms with Gasteiger partial charge in [0.05, 0.1) is 5.69 Å². The highest BCUT2D eigenvalue weighted by Crippen LogP contribution is 2.33. The lowest BCUT2D eigenvalue weighted by Gasteiger charge is -2.36. The molecule has 0 aliphatic carbocycles. The number of fused-ring (bicyclic) bond motifs is 1. The maximum Gasteiger partial charge on any atom is 0.335 e. The Labute approximate surface area is 174 Å². The van der Waals surface area contributed by atoms with Gasteiger partial charge in [-0.25, -0.2) is 14.1 Å². The number of carbonyl (C=O) groups excluding carboxylic acids is 3. The first kappa shape index (κ1) is 19.8. The van der Waals surface area contributed by atoms with E-state index in [9.17, 15) is 18.8 Å². The van der Waals surface area contributed by atoms with E-state index < -0.39 is 17.8 Å². The fourth-order valence-corrected chi connectivity index (χ4v) is 3.92. The summed E-state index contributed by atoms with van der Waals surface area (Å²) in [5.41, 5.74) is 3.57. The first-order valence-electron chi connectivity index (χ1n) is 9.82. The summed E-state index contributed by atoms with van der Waals surface area (Å²) in [5.74, 6) is -1.75. The number of urea groups is 1. The number of hydrogen-bond donors (Lipinski definition) is 1. The number of nitrogens with one attached hydrogen (secondary N) is 1. The lowest BCUT2D eigenvalue weighted by atomic mass is 9.96. The Morgan fingerprint density at radius 3 is 2.63 bits per heavy atom. The van der Waals surface area contributed by atoms with Gasteiger partial charge in [0.2, 0.25) is 0 Å². The highest BCUT2D eigenvalue weighted by atomic mass is 19.1. The molecule has 2 aromatic carbocycles. The molecule has 1 saturated heterocycles. The number of benzene rings is 2. The van der Waals surface area contributed by atoms with Gasteiger partial charge in [-0.15, -0.1) is 0 Å². The quantitative estimate of drug-likeness (QED) is 0.608. The van der Waals surface area contributed by atoms with E-state index in [4.69, 9.17) is 0 Å². The molecule has 6 nitrogen and oxygen atoms in total. The molecule has 1 fully saturated rings. The van der Waals surface area contributed by atoms with Gasteiger partial charge in [0.25, 0.3) is 11.8 Å². The van der Waals surface area contributed by atoms with Gasteiger partial charge in [-0.3, -0.25) is 14.9 Å². The van der Waals surface area contributed by atoms with Gasteiger partial charge in [0, 0.05) is 17.9 Å². The first-order valence-corrected chi connectivity index (χ1v) is 9.82. The number of imide groups is 2. The molecule has 0 saturated carbocycles. The topological polar surface area (TPSA) is 69.7 Å². The Hall–Kier alpha value is -3.48. The molecule has 4 rings (SSSR count). The Morgan fingerprint density at radius 2 is 1.87 bits per heavy atom. The van der Waals surface area contributed by atoms with Crippen LogP contribution in [0.5, 0.6) is 0 Å². The molecule has 4 amide bonds. The molecule has 7 heteroatoms. The van der Waals surface area contributed by atoms with Crippen molar-refractivity contribution in [3.63, 3.8) is 0 Å². The van der Waals surface area contributed by atoms with Gasteiger partial charge in [-0.05, 0) is 74.6 Å². The Balaban J connectivity index is 1.78. The van der Waals surface area contributed by atoms with Crippen LogP contribution >= 0.6 is 0 Å². The van der Waals surface area contributed by atoms with Crippen molar-refractivity contribution < 1.29 is 18.8 Å². The summed E-state index contributed by atoms with van der Waals surface area (Å²) in [5, 5.41) is 2.26. The van der Waals surface area contributed by atoms with Crippen molar-refractivity contribution in [1.82, 2.24) is 5.32 Å². The maximum absolute atomic E-state index is 13.7. The second kappa shape index (κ2) is 7.40. The molecule has 1 N–H and O–H groups in total. The molecule has 2 aromatic rings. The van der Waals surface area contributed by atoms with Crippen LogP contribution in [0, 0.1) is 19.7 Å². The summed E-state index contributed by atoms with van der Waals surface area (Å²) in [4.78, 5) is 41.1. The summed E-state index contributed by atoms with van der Waals surface area (Å²) >= 11 is 0. The van der Waals surface area contributed by atoms with Gasteiger partial charge in [-0.2, -0.15) is 0 Å². The zero-order valence-corrected chi connectivity index (χ0v) is 17.0. The number of aryl methyl sites for hydroxylation is 2. The Morgan fingerprint density at radius 1 is 1.10 bits per heavy atom. The van der Waals surface area contributed by atoms with Crippen LogP contribution in [0.2, 0.25) is 0 Å². The molecule has 0 spiro atoms. The summed E-state index contributed by atoms with van der Waals surface area (Å²) in [7, 11) is 0. The zero-order valence-electron chi connectivity index (χ0n) is 17.0. The van der Waals surface area contributed by atoms with Crippen LogP contribution in [0.15, 0.2) is 48.2 Å². The highest BCUT2D eigenvalue weighted by Gasteiger charge is 2.38. The van der Waals surface area contributed by atoms with Crippen molar-refractivity contribution in [3.8, 4) is 0 Å². The van der Waals surface area contributed by atoms with Gasteiger partial charge >= 0.3 is 6.03 Å². The minimum Gasteiger partial charge on any atom is -0.344 e. The lowest BCUT2D eigenvalue weighted by molar-refractivity contribution is -0.122. The van der Waals surface area contributed by atoms with E-state index in [-0.39, 0.29) is 17.4 Å². The summed E-state index contributed by atoms with van der Waals surface area (Å²) in [6, 6.07) is 9.03. The third-order valence-corrected chi connectivity index (χ3v) is 5.81. The number of hydrogen-bond acceptors (Lipinski definition) is 4. The molecule has 154 valence electrons. The van der Waals surface area contributed by atoms with Crippen LogP contribution in [0.4, 0.5) is 20.6 Å². The molecule has 0 radical (unpaired) electrons. The number of carbonyl (C=O) groups is 3. The molecule has 0 aromatic heterocycles. The highest BCUT2D eigenvalue weighted by molar-refractivity contribution is 6.37. The zero-order chi connectivity index (χ0) is 21.6. The van der Waals surface area contributed by atoms with E-state index in [0.717, 1.165) is 33.7 Å². The normalized spacial score (nSPS) is 20.5.